The minimum atomic E-state index is -1.25. The largest absolute Gasteiger partial charge is 0.507 e. The zero-order chi connectivity index (χ0) is 63.3. The number of phenolic OH excluding ortho intramolecular Hbond substituents is 2. The molecule has 0 unspecified atom stereocenters. The summed E-state index contributed by atoms with van der Waals surface area (Å²) in [6.07, 6.45) is 0. The van der Waals surface area contributed by atoms with Crippen molar-refractivity contribution in [2.24, 2.45) is 16.5 Å². The molecule has 3 heterocycles. The maximum absolute atomic E-state index is 13.9. The third-order valence-corrected chi connectivity index (χ3v) is 15.6. The zero-order valence-electron chi connectivity index (χ0n) is 49.6. The van der Waals surface area contributed by atoms with Crippen molar-refractivity contribution in [1.82, 2.24) is 5.32 Å². The van der Waals surface area contributed by atoms with Gasteiger partial charge in [-0.3, -0.25) is 19.4 Å². The fourth-order valence-electron chi connectivity index (χ4n) is 11.3. The molecular formula is C70H56N5O14VY-. The molecule has 0 fully saturated rings. The molecule has 3 aliphatic carbocycles. The van der Waals surface area contributed by atoms with Gasteiger partial charge in [-0.1, -0.05) is 36.2 Å². The Hall–Kier alpha value is -9.72. The summed E-state index contributed by atoms with van der Waals surface area (Å²) in [5.41, 5.74) is 19.5. The van der Waals surface area contributed by atoms with E-state index in [1.165, 1.54) is 48.5 Å². The van der Waals surface area contributed by atoms with E-state index in [4.69, 9.17) is 24.7 Å². The summed E-state index contributed by atoms with van der Waals surface area (Å²) in [6.45, 7) is 5.69. The number of nitrogens with zero attached hydrogens (tertiary/aromatic N) is 2. The zero-order valence-corrected chi connectivity index (χ0v) is 53.8. The number of carboxylic acids is 3. The minimum Gasteiger partial charge on any atom is -0.507 e. The standard InChI is InChI=1S/C47H37N3O9.C23H19N2O5.V.Y/c1-5-48-26-8-13-31-39(20-26)58-40-21-27(50(3)4)9-14-32(40)42(31)30-12-7-25(19-36(30)47(56)57)45(53)49-23-37-38(52)17-16-34-43(29-11-6-24(2)18-35(29)46(54)55)33-15-10-28(51)22-41(33)59-44(34)37;1-11-2-3-12(15(8-11)23(28)29)20-13-4-6-18(26)16(9-24)21(13)30-22-14(20)5-7-19(27)17(22)10-25;;/h6-22,52H,5,23H2,1-4H3,(H,49,53)(H,54,55)(H,56,57);3-8,26H,9-10,24-25H2,1H3,(H,28,29);;/q;-1;;. The van der Waals surface area contributed by atoms with Crippen LogP contribution in [0, 0.1) is 19.9 Å². The number of nitrogens with one attached hydrogen (secondary N) is 1. The monoisotopic (exact) mass is 1330 g/mol. The second-order valence-electron chi connectivity index (χ2n) is 21.4. The molecule has 2 radical (unpaired) electrons. The van der Waals surface area contributed by atoms with E-state index in [1.807, 2.05) is 62.3 Å². The van der Waals surface area contributed by atoms with Crippen molar-refractivity contribution in [2.45, 2.75) is 40.4 Å². The molecule has 0 saturated heterocycles. The molecule has 454 valence electrons. The van der Waals surface area contributed by atoms with E-state index in [0.717, 1.165) is 11.3 Å². The van der Waals surface area contributed by atoms with Crippen molar-refractivity contribution in [1.29, 1.82) is 0 Å². The molecule has 0 spiro atoms. The van der Waals surface area contributed by atoms with Crippen molar-refractivity contribution < 1.29 is 109 Å². The van der Waals surface area contributed by atoms with Crippen LogP contribution in [0.2, 0.25) is 0 Å². The number of amides is 1. The summed E-state index contributed by atoms with van der Waals surface area (Å²) in [4.78, 5) is 82.6. The van der Waals surface area contributed by atoms with Crippen molar-refractivity contribution >= 4 is 62.4 Å². The van der Waals surface area contributed by atoms with Crippen LogP contribution in [0.15, 0.2) is 167 Å². The van der Waals surface area contributed by atoms with Gasteiger partial charge in [-0.05, 0) is 122 Å². The third kappa shape index (κ3) is 12.4. The number of phenols is 2. The van der Waals surface area contributed by atoms with Crippen molar-refractivity contribution in [3.05, 3.63) is 221 Å². The number of benzene rings is 9. The van der Waals surface area contributed by atoms with Crippen molar-refractivity contribution in [2.75, 3.05) is 25.5 Å². The van der Waals surface area contributed by atoms with Gasteiger partial charge in [-0.2, -0.15) is 23.8 Å². The number of carboxylic acid groups (broad SMARTS) is 3. The molecule has 0 atom stereocenters. The Labute approximate surface area is 555 Å². The number of carbonyl (C=O) groups excluding carboxylic acids is 1. The molecule has 1 amide bonds. The number of nitrogens with two attached hydrogens (primary N) is 2. The van der Waals surface area contributed by atoms with Gasteiger partial charge in [0.2, 0.25) is 0 Å². The van der Waals surface area contributed by atoms with Crippen LogP contribution in [0.4, 0.5) is 5.69 Å². The summed E-state index contributed by atoms with van der Waals surface area (Å²) < 4.78 is 18.7. The molecule has 0 aromatic heterocycles. The third-order valence-electron chi connectivity index (χ3n) is 15.6. The van der Waals surface area contributed by atoms with E-state index in [0.29, 0.717) is 101 Å². The van der Waals surface area contributed by atoms with Crippen LogP contribution in [0.1, 0.15) is 76.2 Å². The van der Waals surface area contributed by atoms with Gasteiger partial charge >= 0.3 is 17.9 Å². The Balaban J connectivity index is 0.000000258. The first kappa shape index (κ1) is 65.7. The maximum Gasteiger partial charge on any atom is 0.336 e. The van der Waals surface area contributed by atoms with Crippen LogP contribution in [0.3, 0.4) is 0 Å². The SMILES string of the molecule is CCN=c1ccc2c(-c3ccc(C(=O)NCc4c(O)ccc5c(-c6ccc(C)cc6C(=O)O)c6ccc(=O)cc-6oc45)cc3C(=O)O)c3ccc(N(C)C)cc3oc-2c1.Cc1[c-]cc(-c2c3ccc(=O)c(CN)c-3oc3c(CN)c(O)ccc23)c(C(=O)O)c1.[V].[Y]. The average Bonchev–Trinajstić information content (AvgIpc) is 0.766. The Morgan fingerprint density at radius 1 is 0.582 bits per heavy atom. The first-order valence-corrected chi connectivity index (χ1v) is 28.0. The van der Waals surface area contributed by atoms with Crippen LogP contribution in [0.5, 0.6) is 11.5 Å². The van der Waals surface area contributed by atoms with E-state index in [9.17, 15) is 54.3 Å². The molecule has 21 heteroatoms. The molecule has 10 N–H and O–H groups in total. The van der Waals surface area contributed by atoms with Gasteiger partial charge in [0.1, 0.15) is 45.5 Å². The van der Waals surface area contributed by atoms with Crippen LogP contribution in [-0.2, 0) is 70.9 Å². The summed E-state index contributed by atoms with van der Waals surface area (Å²) in [6, 6.07) is 40.2. The number of carbonyl (C=O) groups is 4. The van der Waals surface area contributed by atoms with Crippen molar-refractivity contribution in [3.63, 3.8) is 0 Å². The first-order chi connectivity index (χ1) is 42.7. The van der Waals surface area contributed by atoms with E-state index in [-0.39, 0.29) is 149 Å². The molecular weight excluding hydrogens is 1270 g/mol. The first-order valence-electron chi connectivity index (χ1n) is 28.0. The number of aryl methyl sites for hydroxylation is 2. The predicted octanol–water partition coefficient (Wildman–Crippen LogP) is 11.4. The number of hydrogen-bond donors (Lipinski definition) is 8. The van der Waals surface area contributed by atoms with E-state index >= 15 is 0 Å². The van der Waals surface area contributed by atoms with Crippen LogP contribution in [0.25, 0.3) is 100 Å². The number of anilines is 1. The fourth-order valence-corrected chi connectivity index (χ4v) is 11.3. The Bertz CT molecular complexity index is 5030. The second-order valence-corrected chi connectivity index (χ2v) is 21.4. The Kier molecular flexibility index (Phi) is 19.3. The molecule has 6 aliphatic rings. The molecule has 91 heavy (non-hydrogen) atoms. The quantitative estimate of drug-likeness (QED) is 0.0393. The van der Waals surface area contributed by atoms with Crippen LogP contribution < -0.4 is 37.9 Å². The van der Waals surface area contributed by atoms with Crippen LogP contribution >= 0.6 is 0 Å². The van der Waals surface area contributed by atoms with E-state index in [1.54, 1.807) is 68.4 Å². The van der Waals surface area contributed by atoms with Gasteiger partial charge in [-0.25, -0.2) is 14.4 Å². The molecule has 0 bridgehead atoms. The molecule has 0 saturated carbocycles. The molecule has 6 aromatic rings. The number of fused-ring (bicyclic) bond motifs is 6. The second kappa shape index (κ2) is 26.8. The number of aromatic carboxylic acids is 3. The molecule has 12 rings (SSSR count). The Morgan fingerprint density at radius 3 is 1.79 bits per heavy atom. The van der Waals surface area contributed by atoms with Gasteiger partial charge in [0, 0.05) is 158 Å². The van der Waals surface area contributed by atoms with Crippen molar-refractivity contribution in [3.8, 4) is 78.9 Å². The van der Waals surface area contributed by atoms with Gasteiger partial charge in [0.25, 0.3) is 5.91 Å². The smallest absolute Gasteiger partial charge is 0.336 e. The van der Waals surface area contributed by atoms with Gasteiger partial charge < -0.3 is 60.5 Å². The number of hydrogen-bond acceptors (Lipinski definition) is 15. The van der Waals surface area contributed by atoms with Crippen LogP contribution in [-0.4, -0.2) is 70.0 Å². The van der Waals surface area contributed by atoms with E-state index in [2.05, 4.69) is 16.4 Å². The maximum atomic E-state index is 13.9. The topological polar surface area (TPSA) is 323 Å². The molecule has 6 aromatic carbocycles. The summed E-state index contributed by atoms with van der Waals surface area (Å²) in [7, 11) is 3.82. The average molecular weight is 1330 g/mol. The fraction of sp³-hybridized carbons (Fsp3) is 0.129. The minimum absolute atomic E-state index is 0. The number of aromatic hydroxyl groups is 2. The Morgan fingerprint density at radius 2 is 1.14 bits per heavy atom. The van der Waals surface area contributed by atoms with E-state index < -0.39 is 23.8 Å². The summed E-state index contributed by atoms with van der Waals surface area (Å²) >= 11 is 0. The van der Waals surface area contributed by atoms with Gasteiger partial charge in [0.05, 0.1) is 39.7 Å². The number of rotatable bonds is 13. The summed E-state index contributed by atoms with van der Waals surface area (Å²) in [5.74, 6) is -3.51. The predicted molar refractivity (Wildman–Crippen MR) is 337 cm³/mol. The van der Waals surface area contributed by atoms with Gasteiger partial charge in [0.15, 0.2) is 10.9 Å². The molecule has 19 nitrogen and oxygen atoms in total. The van der Waals surface area contributed by atoms with Gasteiger partial charge in [-0.15, -0.1) is 5.56 Å². The normalized spacial score (nSPS) is 11.4. The molecule has 3 aliphatic heterocycles. The summed E-state index contributed by atoms with van der Waals surface area (Å²) in [5, 5.41) is 57.2.